The summed E-state index contributed by atoms with van der Waals surface area (Å²) < 4.78 is 12.9. The van der Waals surface area contributed by atoms with Crippen LogP contribution in [0, 0.1) is 5.82 Å². The molecule has 0 unspecified atom stereocenters. The zero-order chi connectivity index (χ0) is 10.1. The minimum absolute atomic E-state index is 0.0870. The fourth-order valence-corrected chi connectivity index (χ4v) is 1.75. The molecule has 0 fully saturated rings. The van der Waals surface area contributed by atoms with Gasteiger partial charge in [0.1, 0.15) is 5.82 Å². The maximum Gasteiger partial charge on any atom is 0.232 e. The van der Waals surface area contributed by atoms with Gasteiger partial charge in [0.15, 0.2) is 0 Å². The second-order valence-corrected chi connectivity index (χ2v) is 3.35. The third-order valence-corrected chi connectivity index (χ3v) is 2.42. The van der Waals surface area contributed by atoms with E-state index in [4.69, 9.17) is 5.73 Å². The zero-order valence-corrected chi connectivity index (χ0v) is 7.59. The molecule has 1 aliphatic heterocycles. The number of fused-ring (bicyclic) bond motifs is 1. The maximum atomic E-state index is 12.9. The average molecular weight is 194 g/mol. The molecule has 2 rings (SSSR count). The van der Waals surface area contributed by atoms with Crippen LogP contribution in [-0.4, -0.2) is 12.5 Å². The first kappa shape index (κ1) is 9.15. The van der Waals surface area contributed by atoms with Gasteiger partial charge in [-0.1, -0.05) is 0 Å². The lowest BCUT2D eigenvalue weighted by atomic mass is 9.97. The summed E-state index contributed by atoms with van der Waals surface area (Å²) >= 11 is 0. The van der Waals surface area contributed by atoms with Crippen LogP contribution in [0.4, 0.5) is 10.1 Å². The third-order valence-electron chi connectivity index (χ3n) is 2.42. The summed E-state index contributed by atoms with van der Waals surface area (Å²) in [6, 6.07) is 4.32. The Bertz CT molecular complexity index is 378. The van der Waals surface area contributed by atoms with Crippen LogP contribution in [-0.2, 0) is 4.79 Å². The molecular formula is C10H11FN2O. The zero-order valence-electron chi connectivity index (χ0n) is 7.59. The molecule has 0 saturated carbocycles. The number of anilines is 1. The van der Waals surface area contributed by atoms with Crippen molar-refractivity contribution in [3.8, 4) is 0 Å². The molecule has 14 heavy (non-hydrogen) atoms. The van der Waals surface area contributed by atoms with E-state index in [0.29, 0.717) is 18.7 Å². The third kappa shape index (κ3) is 1.37. The number of hydrogen-bond donors (Lipinski definition) is 2. The molecule has 3 N–H and O–H groups in total. The van der Waals surface area contributed by atoms with Gasteiger partial charge in [-0.15, -0.1) is 0 Å². The average Bonchev–Trinajstić information content (AvgIpc) is 2.45. The molecule has 1 heterocycles. The molecule has 0 spiro atoms. The SMILES string of the molecule is NCC[C@H]1C(=O)Nc2ccc(F)cc21. The molecule has 0 radical (unpaired) electrons. The van der Waals surface area contributed by atoms with Crippen LogP contribution in [0.3, 0.4) is 0 Å². The fraction of sp³-hybridized carbons (Fsp3) is 0.300. The van der Waals surface area contributed by atoms with Crippen molar-refractivity contribution in [2.45, 2.75) is 12.3 Å². The first-order valence-electron chi connectivity index (χ1n) is 4.52. The monoisotopic (exact) mass is 194 g/mol. The smallest absolute Gasteiger partial charge is 0.232 e. The molecule has 74 valence electrons. The Balaban J connectivity index is 2.39. The van der Waals surface area contributed by atoms with Gasteiger partial charge in [-0.2, -0.15) is 0 Å². The maximum absolute atomic E-state index is 12.9. The number of nitrogens with one attached hydrogen (secondary N) is 1. The highest BCUT2D eigenvalue weighted by atomic mass is 19.1. The van der Waals surface area contributed by atoms with Crippen molar-refractivity contribution in [1.29, 1.82) is 0 Å². The summed E-state index contributed by atoms with van der Waals surface area (Å²) in [7, 11) is 0. The first-order valence-corrected chi connectivity index (χ1v) is 4.52. The molecule has 0 aliphatic carbocycles. The minimum Gasteiger partial charge on any atom is -0.330 e. The number of carbonyl (C=O) groups excluding carboxylic acids is 1. The number of halogens is 1. The number of nitrogens with two attached hydrogens (primary N) is 1. The lowest BCUT2D eigenvalue weighted by Crippen LogP contribution is -2.15. The molecule has 1 atom stereocenters. The highest BCUT2D eigenvalue weighted by Crippen LogP contribution is 2.34. The van der Waals surface area contributed by atoms with E-state index in [1.54, 1.807) is 6.07 Å². The van der Waals surface area contributed by atoms with Crippen molar-refractivity contribution in [1.82, 2.24) is 0 Å². The van der Waals surface area contributed by atoms with Gasteiger partial charge in [0.05, 0.1) is 5.92 Å². The van der Waals surface area contributed by atoms with Crippen LogP contribution in [0.25, 0.3) is 0 Å². The lowest BCUT2D eigenvalue weighted by molar-refractivity contribution is -0.117. The van der Waals surface area contributed by atoms with Crippen molar-refractivity contribution >= 4 is 11.6 Å². The Morgan fingerprint density at radius 2 is 2.29 bits per heavy atom. The highest BCUT2D eigenvalue weighted by Gasteiger charge is 2.29. The Hall–Kier alpha value is -1.42. The first-order chi connectivity index (χ1) is 6.72. The fourth-order valence-electron chi connectivity index (χ4n) is 1.75. The molecule has 1 aromatic carbocycles. The van der Waals surface area contributed by atoms with Crippen LogP contribution in [0.1, 0.15) is 17.9 Å². The summed E-state index contributed by atoms with van der Waals surface area (Å²) in [6.45, 7) is 0.425. The van der Waals surface area contributed by atoms with E-state index in [-0.39, 0.29) is 17.6 Å². The van der Waals surface area contributed by atoms with Gasteiger partial charge in [-0.3, -0.25) is 4.79 Å². The van der Waals surface area contributed by atoms with Crippen LogP contribution >= 0.6 is 0 Å². The van der Waals surface area contributed by atoms with Gasteiger partial charge in [0, 0.05) is 5.69 Å². The summed E-state index contributed by atoms with van der Waals surface area (Å²) in [5.41, 5.74) is 6.82. The second kappa shape index (κ2) is 3.38. The van der Waals surface area contributed by atoms with E-state index < -0.39 is 0 Å². The Labute approximate surface area is 81.1 Å². The molecule has 1 aliphatic rings. The predicted molar refractivity (Wildman–Crippen MR) is 51.4 cm³/mol. The van der Waals surface area contributed by atoms with E-state index >= 15 is 0 Å². The van der Waals surface area contributed by atoms with Crippen LogP contribution in [0.2, 0.25) is 0 Å². The number of benzene rings is 1. The normalized spacial score (nSPS) is 19.3. The van der Waals surface area contributed by atoms with Gasteiger partial charge in [-0.05, 0) is 36.7 Å². The summed E-state index contributed by atoms with van der Waals surface area (Å²) in [5, 5.41) is 2.70. The molecular weight excluding hydrogens is 183 g/mol. The van der Waals surface area contributed by atoms with E-state index in [1.165, 1.54) is 12.1 Å². The van der Waals surface area contributed by atoms with Gasteiger partial charge in [-0.25, -0.2) is 4.39 Å². The quantitative estimate of drug-likeness (QED) is 0.743. The molecule has 4 heteroatoms. The highest BCUT2D eigenvalue weighted by molar-refractivity contribution is 6.02. The number of amides is 1. The van der Waals surface area contributed by atoms with Gasteiger partial charge < -0.3 is 11.1 Å². The number of rotatable bonds is 2. The molecule has 1 amide bonds. The van der Waals surface area contributed by atoms with Gasteiger partial charge >= 0.3 is 0 Å². The van der Waals surface area contributed by atoms with E-state index in [1.807, 2.05) is 0 Å². The van der Waals surface area contributed by atoms with E-state index in [0.717, 1.165) is 5.56 Å². The van der Waals surface area contributed by atoms with E-state index in [9.17, 15) is 9.18 Å². The van der Waals surface area contributed by atoms with Crippen LogP contribution < -0.4 is 11.1 Å². The minimum atomic E-state index is -0.317. The van der Waals surface area contributed by atoms with Crippen molar-refractivity contribution < 1.29 is 9.18 Å². The largest absolute Gasteiger partial charge is 0.330 e. The van der Waals surface area contributed by atoms with Crippen molar-refractivity contribution in [3.63, 3.8) is 0 Å². The summed E-state index contributed by atoms with van der Waals surface area (Å²) in [4.78, 5) is 11.4. The molecule has 0 bridgehead atoms. The van der Waals surface area contributed by atoms with Crippen LogP contribution in [0.5, 0.6) is 0 Å². The molecule has 0 saturated heterocycles. The summed E-state index contributed by atoms with van der Waals surface area (Å²) in [6.07, 6.45) is 0.558. The van der Waals surface area contributed by atoms with Gasteiger partial charge in [0.2, 0.25) is 5.91 Å². The van der Waals surface area contributed by atoms with Crippen molar-refractivity contribution in [3.05, 3.63) is 29.6 Å². The molecule has 3 nitrogen and oxygen atoms in total. The number of carbonyl (C=O) groups is 1. The number of hydrogen-bond acceptors (Lipinski definition) is 2. The predicted octanol–water partition coefficient (Wildman–Crippen LogP) is 1.21. The van der Waals surface area contributed by atoms with E-state index in [2.05, 4.69) is 5.32 Å². The Morgan fingerprint density at radius 3 is 3.00 bits per heavy atom. The summed E-state index contributed by atoms with van der Waals surface area (Å²) in [5.74, 6) is -0.691. The van der Waals surface area contributed by atoms with Crippen LogP contribution in [0.15, 0.2) is 18.2 Å². The second-order valence-electron chi connectivity index (χ2n) is 3.35. The standard InChI is InChI=1S/C10H11FN2O/c11-6-1-2-9-8(5-6)7(3-4-12)10(14)13-9/h1-2,5,7H,3-4,12H2,(H,13,14)/t7-/m1/s1. The molecule has 0 aromatic heterocycles. The Kier molecular flexibility index (Phi) is 2.21. The Morgan fingerprint density at radius 1 is 1.50 bits per heavy atom. The van der Waals surface area contributed by atoms with Gasteiger partial charge in [0.25, 0.3) is 0 Å². The topological polar surface area (TPSA) is 55.1 Å². The van der Waals surface area contributed by atoms with Crippen molar-refractivity contribution in [2.75, 3.05) is 11.9 Å². The lowest BCUT2D eigenvalue weighted by Gasteiger charge is -2.05. The molecule has 1 aromatic rings. The van der Waals surface area contributed by atoms with Crippen molar-refractivity contribution in [2.24, 2.45) is 5.73 Å².